The van der Waals surface area contributed by atoms with Crippen LogP contribution in [0, 0.1) is 13.8 Å². The maximum absolute atomic E-state index is 11.9. The SMILES string of the molecule is Cc1cc(S(=O)(=O)NCCNC2CC2)c(C)o1.Cl. The number of rotatable bonds is 6. The van der Waals surface area contributed by atoms with E-state index in [0.29, 0.717) is 30.7 Å². The molecular formula is C11H19ClN2O3S. The lowest BCUT2D eigenvalue weighted by atomic mass is 10.4. The number of halogens is 1. The van der Waals surface area contributed by atoms with E-state index in [1.807, 2.05) is 0 Å². The van der Waals surface area contributed by atoms with Crippen molar-refractivity contribution in [1.29, 1.82) is 0 Å². The Morgan fingerprint density at radius 3 is 2.50 bits per heavy atom. The van der Waals surface area contributed by atoms with Crippen molar-refractivity contribution in [3.05, 3.63) is 17.6 Å². The molecule has 7 heteroatoms. The quantitative estimate of drug-likeness (QED) is 0.777. The topological polar surface area (TPSA) is 71.3 Å². The van der Waals surface area contributed by atoms with Gasteiger partial charge in [0.2, 0.25) is 10.0 Å². The molecule has 0 aromatic carbocycles. The van der Waals surface area contributed by atoms with Gasteiger partial charge in [0.05, 0.1) is 0 Å². The Hall–Kier alpha value is -0.560. The zero-order valence-electron chi connectivity index (χ0n) is 10.5. The Kier molecular flexibility index (Phi) is 5.21. The summed E-state index contributed by atoms with van der Waals surface area (Å²) in [5.41, 5.74) is 0. The molecule has 1 aromatic rings. The van der Waals surface area contributed by atoms with E-state index < -0.39 is 10.0 Å². The second-order valence-corrected chi connectivity index (χ2v) is 6.14. The lowest BCUT2D eigenvalue weighted by molar-refractivity contribution is 0.495. The number of sulfonamides is 1. The van der Waals surface area contributed by atoms with E-state index in [4.69, 9.17) is 4.42 Å². The average Bonchev–Trinajstić information content (AvgIpc) is 2.99. The second kappa shape index (κ2) is 6.06. The van der Waals surface area contributed by atoms with Crippen molar-refractivity contribution < 1.29 is 12.8 Å². The van der Waals surface area contributed by atoms with Crippen LogP contribution >= 0.6 is 12.4 Å². The number of nitrogens with one attached hydrogen (secondary N) is 2. The second-order valence-electron chi connectivity index (χ2n) is 4.40. The molecular weight excluding hydrogens is 276 g/mol. The van der Waals surface area contributed by atoms with E-state index >= 15 is 0 Å². The smallest absolute Gasteiger partial charge is 0.244 e. The predicted molar refractivity (Wildman–Crippen MR) is 71.6 cm³/mol. The molecule has 0 atom stereocenters. The van der Waals surface area contributed by atoms with Crippen LogP contribution in [0.4, 0.5) is 0 Å². The highest BCUT2D eigenvalue weighted by atomic mass is 35.5. The minimum absolute atomic E-state index is 0. The molecule has 18 heavy (non-hydrogen) atoms. The first kappa shape index (κ1) is 15.5. The molecule has 0 bridgehead atoms. The molecule has 1 aromatic heterocycles. The van der Waals surface area contributed by atoms with E-state index in [1.165, 1.54) is 12.8 Å². The molecule has 1 aliphatic carbocycles. The fourth-order valence-corrected chi connectivity index (χ4v) is 2.97. The van der Waals surface area contributed by atoms with E-state index in [-0.39, 0.29) is 17.3 Å². The Morgan fingerprint density at radius 1 is 1.33 bits per heavy atom. The number of hydrogen-bond acceptors (Lipinski definition) is 4. The molecule has 1 fully saturated rings. The molecule has 0 spiro atoms. The van der Waals surface area contributed by atoms with Crippen LogP contribution in [0.2, 0.25) is 0 Å². The van der Waals surface area contributed by atoms with Crippen LogP contribution in [0.25, 0.3) is 0 Å². The van der Waals surface area contributed by atoms with Gasteiger partial charge in [-0.2, -0.15) is 0 Å². The summed E-state index contributed by atoms with van der Waals surface area (Å²) < 4.78 is 31.6. The molecule has 2 rings (SSSR count). The van der Waals surface area contributed by atoms with Gasteiger partial charge in [-0.3, -0.25) is 0 Å². The van der Waals surface area contributed by atoms with Gasteiger partial charge in [-0.25, -0.2) is 13.1 Å². The van der Waals surface area contributed by atoms with Gasteiger partial charge in [0.25, 0.3) is 0 Å². The minimum Gasteiger partial charge on any atom is -0.465 e. The van der Waals surface area contributed by atoms with Crippen LogP contribution in [0.15, 0.2) is 15.4 Å². The third kappa shape index (κ3) is 3.98. The van der Waals surface area contributed by atoms with Gasteiger partial charge >= 0.3 is 0 Å². The van der Waals surface area contributed by atoms with E-state index in [2.05, 4.69) is 10.0 Å². The summed E-state index contributed by atoms with van der Waals surface area (Å²) in [4.78, 5) is 0.237. The number of aryl methyl sites for hydroxylation is 2. The number of furan rings is 1. The molecule has 0 aliphatic heterocycles. The maximum atomic E-state index is 11.9. The fourth-order valence-electron chi connectivity index (χ4n) is 1.70. The highest BCUT2D eigenvalue weighted by molar-refractivity contribution is 7.89. The Balaban J connectivity index is 0.00000162. The lowest BCUT2D eigenvalue weighted by Crippen LogP contribution is -2.32. The van der Waals surface area contributed by atoms with Gasteiger partial charge in [0.1, 0.15) is 16.4 Å². The third-order valence-corrected chi connectivity index (χ3v) is 4.28. The summed E-state index contributed by atoms with van der Waals surface area (Å²) in [6.07, 6.45) is 2.40. The molecule has 1 heterocycles. The average molecular weight is 295 g/mol. The molecule has 0 radical (unpaired) electrons. The maximum Gasteiger partial charge on any atom is 0.244 e. The molecule has 0 unspecified atom stereocenters. The van der Waals surface area contributed by atoms with Crippen LogP contribution in [0.5, 0.6) is 0 Å². The molecule has 104 valence electrons. The third-order valence-electron chi connectivity index (χ3n) is 2.71. The molecule has 0 amide bonds. The summed E-state index contributed by atoms with van der Waals surface area (Å²) in [6.45, 7) is 4.47. The first-order valence-corrected chi connectivity index (χ1v) is 7.27. The summed E-state index contributed by atoms with van der Waals surface area (Å²) in [5, 5.41) is 3.25. The van der Waals surface area contributed by atoms with Crippen LogP contribution in [-0.2, 0) is 10.0 Å². The standard InChI is InChI=1S/C11H18N2O3S.ClH/c1-8-7-11(9(2)16-8)17(14,15)13-6-5-12-10-3-4-10;/h7,10,12-13H,3-6H2,1-2H3;1H. The van der Waals surface area contributed by atoms with Gasteiger partial charge in [-0.1, -0.05) is 0 Å². The molecule has 1 saturated carbocycles. The van der Waals surface area contributed by atoms with Crippen LogP contribution in [0.3, 0.4) is 0 Å². The van der Waals surface area contributed by atoms with Gasteiger partial charge in [0, 0.05) is 19.1 Å². The zero-order chi connectivity index (χ0) is 12.5. The normalized spacial score (nSPS) is 15.4. The van der Waals surface area contributed by atoms with Gasteiger partial charge in [0.15, 0.2) is 0 Å². The lowest BCUT2D eigenvalue weighted by Gasteiger charge is -2.06. The van der Waals surface area contributed by atoms with Crippen molar-refractivity contribution in [2.75, 3.05) is 13.1 Å². The van der Waals surface area contributed by atoms with Crippen molar-refractivity contribution >= 4 is 22.4 Å². The van der Waals surface area contributed by atoms with Crippen LogP contribution in [-0.4, -0.2) is 27.5 Å². The summed E-state index contributed by atoms with van der Waals surface area (Å²) in [5.74, 6) is 1.05. The first-order valence-electron chi connectivity index (χ1n) is 5.79. The molecule has 1 aliphatic rings. The first-order chi connectivity index (χ1) is 7.99. The van der Waals surface area contributed by atoms with Gasteiger partial charge < -0.3 is 9.73 Å². The monoisotopic (exact) mass is 294 g/mol. The summed E-state index contributed by atoms with van der Waals surface area (Å²) in [6, 6.07) is 2.14. The van der Waals surface area contributed by atoms with Crippen molar-refractivity contribution in [2.45, 2.75) is 37.6 Å². The van der Waals surface area contributed by atoms with Crippen molar-refractivity contribution in [1.82, 2.24) is 10.0 Å². The highest BCUT2D eigenvalue weighted by Crippen LogP contribution is 2.19. The Bertz CT molecular complexity index is 494. The van der Waals surface area contributed by atoms with Gasteiger partial charge in [-0.15, -0.1) is 12.4 Å². The van der Waals surface area contributed by atoms with Crippen molar-refractivity contribution in [2.24, 2.45) is 0 Å². The fraction of sp³-hybridized carbons (Fsp3) is 0.636. The van der Waals surface area contributed by atoms with Crippen molar-refractivity contribution in [3.8, 4) is 0 Å². The summed E-state index contributed by atoms with van der Waals surface area (Å²) >= 11 is 0. The largest absolute Gasteiger partial charge is 0.465 e. The number of hydrogen-bond donors (Lipinski definition) is 2. The summed E-state index contributed by atoms with van der Waals surface area (Å²) in [7, 11) is -3.43. The molecule has 2 N–H and O–H groups in total. The highest BCUT2D eigenvalue weighted by Gasteiger charge is 2.22. The van der Waals surface area contributed by atoms with Gasteiger partial charge in [-0.05, 0) is 32.8 Å². The van der Waals surface area contributed by atoms with E-state index in [9.17, 15) is 8.42 Å². The molecule has 0 saturated heterocycles. The minimum atomic E-state index is -3.43. The zero-order valence-corrected chi connectivity index (χ0v) is 12.2. The van der Waals surface area contributed by atoms with Crippen LogP contribution in [0.1, 0.15) is 24.4 Å². The van der Waals surface area contributed by atoms with Crippen molar-refractivity contribution in [3.63, 3.8) is 0 Å². The van der Waals surface area contributed by atoms with E-state index in [0.717, 1.165) is 0 Å². The Labute approximate surface area is 114 Å². The molecule has 5 nitrogen and oxygen atoms in total. The Morgan fingerprint density at radius 2 is 2.00 bits per heavy atom. The van der Waals surface area contributed by atoms with E-state index in [1.54, 1.807) is 19.9 Å². The predicted octanol–water partition coefficient (Wildman–Crippen LogP) is 1.35. The van der Waals surface area contributed by atoms with Crippen LogP contribution < -0.4 is 10.0 Å².